The first-order valence-electron chi connectivity index (χ1n) is 9.68. The lowest BCUT2D eigenvalue weighted by Crippen LogP contribution is -2.47. The smallest absolute Gasteiger partial charge is 0.228 e. The molecule has 0 radical (unpaired) electrons. The van der Waals surface area contributed by atoms with Gasteiger partial charge in [-0.25, -0.2) is 9.97 Å². The molecule has 146 valence electrons. The van der Waals surface area contributed by atoms with Crippen molar-refractivity contribution >= 4 is 17.5 Å². The highest BCUT2D eigenvalue weighted by molar-refractivity contribution is 6.00. The number of piperidine rings is 1. The number of rotatable bonds is 4. The van der Waals surface area contributed by atoms with E-state index in [4.69, 9.17) is 4.74 Å². The number of benzene rings is 1. The van der Waals surface area contributed by atoms with Crippen LogP contribution in [-0.2, 0) is 9.59 Å². The second kappa shape index (κ2) is 7.96. The SMILES string of the molecule is Cc1ccc(N2CC(C(=O)N3CCCC(Oc4ccncn4)C3)CC2=O)cc1. The molecule has 0 spiro atoms. The number of ether oxygens (including phenoxy) is 1. The predicted octanol–water partition coefficient (Wildman–Crippen LogP) is 2.21. The topological polar surface area (TPSA) is 75.6 Å². The number of carbonyl (C=O) groups is 2. The Morgan fingerprint density at radius 2 is 2.00 bits per heavy atom. The highest BCUT2D eigenvalue weighted by atomic mass is 16.5. The molecule has 2 aliphatic rings. The van der Waals surface area contributed by atoms with E-state index in [9.17, 15) is 9.59 Å². The van der Waals surface area contributed by atoms with E-state index in [0.717, 1.165) is 24.1 Å². The normalized spacial score (nSPS) is 22.4. The zero-order valence-corrected chi connectivity index (χ0v) is 16.0. The molecule has 0 aliphatic carbocycles. The van der Waals surface area contributed by atoms with Gasteiger partial charge in [0, 0.05) is 37.5 Å². The minimum atomic E-state index is -0.299. The third-order valence-electron chi connectivity index (χ3n) is 5.35. The fourth-order valence-electron chi connectivity index (χ4n) is 3.86. The maximum absolute atomic E-state index is 13.0. The Bertz CT molecular complexity index is 840. The molecule has 2 unspecified atom stereocenters. The second-order valence-electron chi connectivity index (χ2n) is 7.45. The Morgan fingerprint density at radius 1 is 1.18 bits per heavy atom. The molecule has 0 N–H and O–H groups in total. The molecule has 7 nitrogen and oxygen atoms in total. The Hall–Kier alpha value is -2.96. The maximum Gasteiger partial charge on any atom is 0.228 e. The number of anilines is 1. The Kier molecular flexibility index (Phi) is 5.23. The summed E-state index contributed by atoms with van der Waals surface area (Å²) in [6.07, 6.45) is 5.03. The first-order chi connectivity index (χ1) is 13.6. The van der Waals surface area contributed by atoms with Gasteiger partial charge in [-0.3, -0.25) is 9.59 Å². The number of aromatic nitrogens is 2. The Morgan fingerprint density at radius 3 is 2.75 bits per heavy atom. The van der Waals surface area contributed by atoms with Crippen molar-refractivity contribution in [2.24, 2.45) is 5.92 Å². The molecule has 2 aliphatic heterocycles. The quantitative estimate of drug-likeness (QED) is 0.813. The van der Waals surface area contributed by atoms with Crippen LogP contribution in [0.3, 0.4) is 0 Å². The molecule has 1 aromatic carbocycles. The van der Waals surface area contributed by atoms with Crippen LogP contribution in [0.25, 0.3) is 0 Å². The number of aryl methyl sites for hydroxylation is 1. The van der Waals surface area contributed by atoms with E-state index >= 15 is 0 Å². The summed E-state index contributed by atoms with van der Waals surface area (Å²) in [6.45, 7) is 3.68. The fourth-order valence-corrected chi connectivity index (χ4v) is 3.86. The highest BCUT2D eigenvalue weighted by Gasteiger charge is 2.38. The van der Waals surface area contributed by atoms with Crippen LogP contribution in [0.4, 0.5) is 5.69 Å². The van der Waals surface area contributed by atoms with E-state index in [1.54, 1.807) is 17.2 Å². The van der Waals surface area contributed by atoms with Crippen LogP contribution in [0.15, 0.2) is 42.9 Å². The molecule has 1 aromatic heterocycles. The van der Waals surface area contributed by atoms with Crippen molar-refractivity contribution in [3.63, 3.8) is 0 Å². The van der Waals surface area contributed by atoms with Crippen LogP contribution in [0.1, 0.15) is 24.8 Å². The summed E-state index contributed by atoms with van der Waals surface area (Å²) < 4.78 is 5.90. The summed E-state index contributed by atoms with van der Waals surface area (Å²) in [5.41, 5.74) is 2.00. The first kappa shape index (κ1) is 18.4. The van der Waals surface area contributed by atoms with Gasteiger partial charge in [-0.05, 0) is 31.9 Å². The monoisotopic (exact) mass is 380 g/mol. The molecule has 0 saturated carbocycles. The van der Waals surface area contributed by atoms with E-state index in [1.807, 2.05) is 36.1 Å². The van der Waals surface area contributed by atoms with Crippen molar-refractivity contribution in [1.82, 2.24) is 14.9 Å². The maximum atomic E-state index is 13.0. The van der Waals surface area contributed by atoms with Crippen molar-refractivity contribution in [2.75, 3.05) is 24.5 Å². The van der Waals surface area contributed by atoms with Gasteiger partial charge in [0.05, 0.1) is 12.5 Å². The molecule has 7 heteroatoms. The molecule has 28 heavy (non-hydrogen) atoms. The van der Waals surface area contributed by atoms with E-state index in [2.05, 4.69) is 9.97 Å². The minimum absolute atomic E-state index is 0.00741. The number of likely N-dealkylation sites (tertiary alicyclic amines) is 1. The van der Waals surface area contributed by atoms with Gasteiger partial charge in [-0.15, -0.1) is 0 Å². The molecular formula is C21H24N4O3. The van der Waals surface area contributed by atoms with Crippen molar-refractivity contribution in [3.8, 4) is 5.88 Å². The second-order valence-corrected chi connectivity index (χ2v) is 7.45. The summed E-state index contributed by atoms with van der Waals surface area (Å²) in [5.74, 6) is 0.273. The van der Waals surface area contributed by atoms with Crippen molar-refractivity contribution in [2.45, 2.75) is 32.3 Å². The lowest BCUT2D eigenvalue weighted by Gasteiger charge is -2.34. The standard InChI is InChI=1S/C21H24N4O3/c1-15-4-6-17(7-5-15)25-12-16(11-20(25)26)21(27)24-10-2-3-18(13-24)28-19-8-9-22-14-23-19/h4-9,14,16,18H,2-3,10-13H2,1H3. The van der Waals surface area contributed by atoms with Gasteiger partial charge in [0.1, 0.15) is 12.4 Å². The van der Waals surface area contributed by atoms with Crippen molar-refractivity contribution < 1.29 is 14.3 Å². The summed E-state index contributed by atoms with van der Waals surface area (Å²) in [7, 11) is 0. The van der Waals surface area contributed by atoms with Gasteiger partial charge in [-0.2, -0.15) is 0 Å². The summed E-state index contributed by atoms with van der Waals surface area (Å²) in [4.78, 5) is 37.1. The highest BCUT2D eigenvalue weighted by Crippen LogP contribution is 2.28. The zero-order chi connectivity index (χ0) is 19.5. The third-order valence-corrected chi connectivity index (χ3v) is 5.35. The molecule has 3 heterocycles. The third kappa shape index (κ3) is 3.98. The largest absolute Gasteiger partial charge is 0.472 e. The van der Waals surface area contributed by atoms with Gasteiger partial charge in [0.25, 0.3) is 0 Å². The molecule has 0 bridgehead atoms. The number of amides is 2. The van der Waals surface area contributed by atoms with Gasteiger partial charge in [-0.1, -0.05) is 17.7 Å². The van der Waals surface area contributed by atoms with Gasteiger partial charge >= 0.3 is 0 Å². The molecular weight excluding hydrogens is 356 g/mol. The van der Waals surface area contributed by atoms with E-state index in [1.165, 1.54) is 6.33 Å². The van der Waals surface area contributed by atoms with E-state index in [0.29, 0.717) is 25.5 Å². The predicted molar refractivity (Wildman–Crippen MR) is 104 cm³/mol. The number of carbonyl (C=O) groups excluding carboxylic acids is 2. The number of hydrogen-bond donors (Lipinski definition) is 0. The number of hydrogen-bond acceptors (Lipinski definition) is 5. The lowest BCUT2D eigenvalue weighted by molar-refractivity contribution is -0.138. The molecule has 4 rings (SSSR count). The average molecular weight is 380 g/mol. The summed E-state index contributed by atoms with van der Waals surface area (Å²) >= 11 is 0. The van der Waals surface area contributed by atoms with Crippen molar-refractivity contribution in [1.29, 1.82) is 0 Å². The Balaban J connectivity index is 1.38. The van der Waals surface area contributed by atoms with Crippen LogP contribution in [0.5, 0.6) is 5.88 Å². The minimum Gasteiger partial charge on any atom is -0.472 e. The summed E-state index contributed by atoms with van der Waals surface area (Å²) in [6, 6.07) is 9.56. The van der Waals surface area contributed by atoms with Crippen molar-refractivity contribution in [3.05, 3.63) is 48.4 Å². The molecule has 2 fully saturated rings. The summed E-state index contributed by atoms with van der Waals surface area (Å²) in [5, 5.41) is 0. The van der Waals surface area contributed by atoms with E-state index in [-0.39, 0.29) is 30.3 Å². The molecule has 2 aromatic rings. The molecule has 2 saturated heterocycles. The Labute approximate surface area is 164 Å². The van der Waals surface area contributed by atoms with Gasteiger partial charge < -0.3 is 14.5 Å². The fraction of sp³-hybridized carbons (Fsp3) is 0.429. The first-order valence-corrected chi connectivity index (χ1v) is 9.68. The van der Waals surface area contributed by atoms with Crippen LogP contribution < -0.4 is 9.64 Å². The average Bonchev–Trinajstić information content (AvgIpc) is 3.10. The van der Waals surface area contributed by atoms with E-state index < -0.39 is 0 Å². The van der Waals surface area contributed by atoms with Gasteiger partial charge in [0.2, 0.25) is 17.7 Å². The van der Waals surface area contributed by atoms with Crippen LogP contribution in [0.2, 0.25) is 0 Å². The van der Waals surface area contributed by atoms with Crippen LogP contribution in [-0.4, -0.2) is 52.4 Å². The van der Waals surface area contributed by atoms with Crippen LogP contribution in [0, 0.1) is 12.8 Å². The molecule has 2 atom stereocenters. The van der Waals surface area contributed by atoms with Crippen LogP contribution >= 0.6 is 0 Å². The lowest BCUT2D eigenvalue weighted by atomic mass is 10.0. The molecule has 2 amide bonds. The zero-order valence-electron chi connectivity index (χ0n) is 16.0. The van der Waals surface area contributed by atoms with Gasteiger partial charge in [0.15, 0.2) is 0 Å². The number of nitrogens with zero attached hydrogens (tertiary/aromatic N) is 4.